The molecule has 0 radical (unpaired) electrons. The van der Waals surface area contributed by atoms with Gasteiger partial charge in [-0.1, -0.05) is 60.7 Å². The lowest BCUT2D eigenvalue weighted by Crippen LogP contribution is -2.19. The predicted octanol–water partition coefficient (Wildman–Crippen LogP) is 2.58. The Hall–Kier alpha value is -2.13. The van der Waals surface area contributed by atoms with Crippen molar-refractivity contribution in [3.8, 4) is 0 Å². The second kappa shape index (κ2) is 3.68. The van der Waals surface area contributed by atoms with E-state index in [0.29, 0.717) is 0 Å². The molecule has 2 saturated heterocycles. The Labute approximate surface area is 110 Å². The van der Waals surface area contributed by atoms with Gasteiger partial charge in [0.15, 0.2) is 6.10 Å². The van der Waals surface area contributed by atoms with Crippen molar-refractivity contribution in [1.29, 1.82) is 0 Å². The van der Waals surface area contributed by atoms with E-state index in [1.165, 1.54) is 0 Å². The fraction of sp³-hybridized carbons (Fsp3) is 0.188. The van der Waals surface area contributed by atoms with E-state index < -0.39 is 5.60 Å². The van der Waals surface area contributed by atoms with Gasteiger partial charge in [-0.3, -0.25) is 0 Å². The zero-order chi connectivity index (χ0) is 12.9. The number of hydrogen-bond donors (Lipinski definition) is 0. The number of hydrogen-bond acceptors (Lipinski definition) is 3. The third kappa shape index (κ3) is 1.39. The number of rotatable bonds is 2. The molecule has 2 aromatic carbocycles. The Balaban J connectivity index is 1.72. The minimum Gasteiger partial charge on any atom is -0.452 e. The topological polar surface area (TPSA) is 38.8 Å². The number of carbonyl (C=O) groups excluding carboxylic acids is 1. The molecule has 0 amide bonds. The maximum Gasteiger partial charge on any atom is 0.346 e. The van der Waals surface area contributed by atoms with Gasteiger partial charge in [0.1, 0.15) is 6.10 Å². The number of esters is 1. The third-order valence-electron chi connectivity index (χ3n) is 3.80. The molecule has 94 valence electrons. The summed E-state index contributed by atoms with van der Waals surface area (Å²) in [6.07, 6.45) is -0.501. The van der Waals surface area contributed by atoms with Crippen LogP contribution in [0.1, 0.15) is 17.2 Å². The average molecular weight is 252 g/mol. The van der Waals surface area contributed by atoms with Crippen molar-refractivity contribution in [2.45, 2.75) is 17.8 Å². The molecule has 2 heterocycles. The molecule has 3 nitrogen and oxygen atoms in total. The van der Waals surface area contributed by atoms with Crippen LogP contribution in [-0.2, 0) is 19.9 Å². The quantitative estimate of drug-likeness (QED) is 0.609. The molecule has 19 heavy (non-hydrogen) atoms. The summed E-state index contributed by atoms with van der Waals surface area (Å²) in [6.45, 7) is 0. The molecule has 4 rings (SSSR count). The summed E-state index contributed by atoms with van der Waals surface area (Å²) in [6, 6.07) is 19.3. The Kier molecular flexibility index (Phi) is 2.09. The fourth-order valence-electron chi connectivity index (χ4n) is 2.79. The van der Waals surface area contributed by atoms with Crippen LogP contribution in [0.25, 0.3) is 0 Å². The molecule has 0 N–H and O–H groups in total. The fourth-order valence-corrected chi connectivity index (χ4v) is 2.79. The van der Waals surface area contributed by atoms with E-state index in [2.05, 4.69) is 0 Å². The second-order valence-electron chi connectivity index (χ2n) is 4.88. The molecule has 2 fully saturated rings. The van der Waals surface area contributed by atoms with Gasteiger partial charge in [-0.05, 0) is 11.1 Å². The Morgan fingerprint density at radius 3 is 2.16 bits per heavy atom. The highest BCUT2D eigenvalue weighted by atomic mass is 16.7. The van der Waals surface area contributed by atoms with Gasteiger partial charge >= 0.3 is 5.97 Å². The highest BCUT2D eigenvalue weighted by Gasteiger charge is 2.74. The molecule has 0 saturated carbocycles. The number of epoxide rings is 1. The Morgan fingerprint density at radius 1 is 0.895 bits per heavy atom. The molecule has 0 bridgehead atoms. The van der Waals surface area contributed by atoms with Crippen LogP contribution in [0.4, 0.5) is 0 Å². The van der Waals surface area contributed by atoms with Crippen LogP contribution in [0.3, 0.4) is 0 Å². The second-order valence-corrected chi connectivity index (χ2v) is 4.88. The summed E-state index contributed by atoms with van der Waals surface area (Å²) >= 11 is 0. The van der Waals surface area contributed by atoms with Gasteiger partial charge in [0.25, 0.3) is 0 Å². The lowest BCUT2D eigenvalue weighted by atomic mass is 9.93. The number of ether oxygens (including phenoxy) is 2. The summed E-state index contributed by atoms with van der Waals surface area (Å²) in [5.41, 5.74) is 0.987. The van der Waals surface area contributed by atoms with Crippen molar-refractivity contribution in [2.75, 3.05) is 0 Å². The molecule has 2 aliphatic heterocycles. The number of cyclic esters (lactones) is 1. The van der Waals surface area contributed by atoms with Crippen molar-refractivity contribution in [3.05, 3.63) is 71.8 Å². The third-order valence-corrected chi connectivity index (χ3v) is 3.80. The molecule has 0 aliphatic carbocycles. The molecule has 0 unspecified atom stereocenters. The number of carbonyl (C=O) groups is 1. The van der Waals surface area contributed by atoms with Crippen LogP contribution in [0, 0.1) is 0 Å². The molecule has 3 atom stereocenters. The van der Waals surface area contributed by atoms with E-state index in [0.717, 1.165) is 11.1 Å². The van der Waals surface area contributed by atoms with Gasteiger partial charge in [0.2, 0.25) is 5.60 Å². The average Bonchev–Trinajstić information content (AvgIpc) is 3.17. The standard InChI is InChI=1S/C16H12O3/c17-15-16(12-9-5-2-6-10-12)14(19-16)13(18-15)11-7-3-1-4-8-11/h1-10,13-14H/t13-,14-,16-/m1/s1. The summed E-state index contributed by atoms with van der Waals surface area (Å²) in [4.78, 5) is 12.2. The van der Waals surface area contributed by atoms with Gasteiger partial charge in [0.05, 0.1) is 0 Å². The van der Waals surface area contributed by atoms with E-state index in [1.54, 1.807) is 0 Å². The highest BCUT2D eigenvalue weighted by molar-refractivity contribution is 5.88. The molecular weight excluding hydrogens is 240 g/mol. The number of benzene rings is 2. The Bertz CT molecular complexity index is 623. The van der Waals surface area contributed by atoms with Crippen LogP contribution in [0.2, 0.25) is 0 Å². The lowest BCUT2D eigenvalue weighted by Gasteiger charge is -2.11. The Morgan fingerprint density at radius 2 is 1.53 bits per heavy atom. The van der Waals surface area contributed by atoms with E-state index in [-0.39, 0.29) is 18.2 Å². The largest absolute Gasteiger partial charge is 0.452 e. The highest BCUT2D eigenvalue weighted by Crippen LogP contribution is 2.59. The first-order valence-corrected chi connectivity index (χ1v) is 6.32. The zero-order valence-electron chi connectivity index (χ0n) is 10.2. The van der Waals surface area contributed by atoms with Crippen molar-refractivity contribution in [1.82, 2.24) is 0 Å². The van der Waals surface area contributed by atoms with Crippen molar-refractivity contribution >= 4 is 5.97 Å². The van der Waals surface area contributed by atoms with Crippen LogP contribution in [0.5, 0.6) is 0 Å². The first kappa shape index (κ1) is 10.8. The SMILES string of the molecule is O=C1O[C@H](c2ccccc2)[C@H]2O[C@@]12c1ccccc1. The van der Waals surface area contributed by atoms with Crippen LogP contribution in [-0.4, -0.2) is 12.1 Å². The van der Waals surface area contributed by atoms with Gasteiger partial charge in [-0.2, -0.15) is 0 Å². The maximum absolute atomic E-state index is 12.2. The number of fused-ring (bicyclic) bond motifs is 1. The summed E-state index contributed by atoms with van der Waals surface area (Å²) in [5, 5.41) is 0. The summed E-state index contributed by atoms with van der Waals surface area (Å²) < 4.78 is 11.2. The maximum atomic E-state index is 12.2. The molecule has 2 aliphatic rings. The smallest absolute Gasteiger partial charge is 0.346 e. The van der Waals surface area contributed by atoms with Crippen molar-refractivity contribution < 1.29 is 14.3 Å². The van der Waals surface area contributed by atoms with Gasteiger partial charge in [-0.25, -0.2) is 4.79 Å². The van der Waals surface area contributed by atoms with Crippen molar-refractivity contribution in [3.63, 3.8) is 0 Å². The van der Waals surface area contributed by atoms with Crippen LogP contribution in [0.15, 0.2) is 60.7 Å². The first-order chi connectivity index (χ1) is 9.32. The molecule has 2 aromatic rings. The van der Waals surface area contributed by atoms with E-state index in [4.69, 9.17) is 9.47 Å². The lowest BCUT2D eigenvalue weighted by molar-refractivity contribution is -0.154. The molecule has 0 spiro atoms. The monoisotopic (exact) mass is 252 g/mol. The van der Waals surface area contributed by atoms with Crippen LogP contribution >= 0.6 is 0 Å². The summed E-state index contributed by atoms with van der Waals surface area (Å²) in [7, 11) is 0. The summed E-state index contributed by atoms with van der Waals surface area (Å²) in [5.74, 6) is -0.280. The van der Waals surface area contributed by atoms with Gasteiger partial charge in [-0.15, -0.1) is 0 Å². The van der Waals surface area contributed by atoms with E-state index >= 15 is 0 Å². The molecular formula is C16H12O3. The minimum absolute atomic E-state index is 0.204. The molecule has 0 aromatic heterocycles. The van der Waals surface area contributed by atoms with Gasteiger partial charge in [0, 0.05) is 0 Å². The van der Waals surface area contributed by atoms with E-state index in [9.17, 15) is 4.79 Å². The van der Waals surface area contributed by atoms with E-state index in [1.807, 2.05) is 60.7 Å². The molecule has 3 heteroatoms. The zero-order valence-corrected chi connectivity index (χ0v) is 10.2. The van der Waals surface area contributed by atoms with Gasteiger partial charge < -0.3 is 9.47 Å². The predicted molar refractivity (Wildman–Crippen MR) is 68.3 cm³/mol. The first-order valence-electron chi connectivity index (χ1n) is 6.32. The van der Waals surface area contributed by atoms with Crippen LogP contribution < -0.4 is 0 Å². The minimum atomic E-state index is -0.873. The van der Waals surface area contributed by atoms with Crippen molar-refractivity contribution in [2.24, 2.45) is 0 Å². The normalized spacial score (nSPS) is 31.7.